The highest BCUT2D eigenvalue weighted by Crippen LogP contribution is 2.64. The third-order valence-corrected chi connectivity index (χ3v) is 11.7. The number of fused-ring (bicyclic) bond motifs is 4. The topological polar surface area (TPSA) is 121 Å². The Bertz CT molecular complexity index is 2240. The van der Waals surface area contributed by atoms with Crippen molar-refractivity contribution in [1.82, 2.24) is 0 Å². The van der Waals surface area contributed by atoms with E-state index in [1.165, 1.54) is 25.3 Å². The molecule has 8 rings (SSSR count). The van der Waals surface area contributed by atoms with Crippen molar-refractivity contribution in [3.63, 3.8) is 0 Å². The Morgan fingerprint density at radius 3 is 2.23 bits per heavy atom. The maximum atomic E-state index is 14.6. The van der Waals surface area contributed by atoms with E-state index in [-0.39, 0.29) is 35.1 Å². The zero-order valence-corrected chi connectivity index (χ0v) is 28.8. The first kappa shape index (κ1) is 33.5. The fraction of sp³-hybridized carbons (Fsp3) is 0.244. The van der Waals surface area contributed by atoms with Crippen LogP contribution in [-0.4, -0.2) is 41.6 Å². The molecule has 1 saturated carbocycles. The summed E-state index contributed by atoms with van der Waals surface area (Å²) in [4.78, 5) is 72.7. The Morgan fingerprint density at radius 1 is 0.846 bits per heavy atom. The van der Waals surface area contributed by atoms with E-state index < -0.39 is 64.5 Å². The van der Waals surface area contributed by atoms with Crippen LogP contribution >= 0.6 is 11.6 Å². The molecule has 6 atom stereocenters. The summed E-state index contributed by atoms with van der Waals surface area (Å²) < 4.78 is 19.7. The number of carbonyl (C=O) groups is 5. The van der Waals surface area contributed by atoms with E-state index in [1.54, 1.807) is 67.6 Å². The molecule has 0 aromatic heterocycles. The van der Waals surface area contributed by atoms with Crippen molar-refractivity contribution in [3.05, 3.63) is 130 Å². The number of amides is 4. The van der Waals surface area contributed by atoms with E-state index in [2.05, 4.69) is 0 Å². The van der Waals surface area contributed by atoms with Crippen LogP contribution in [0.4, 0.5) is 15.8 Å². The number of ketones is 1. The number of allylic oxidation sites excluding steroid dienone is 2. The van der Waals surface area contributed by atoms with Gasteiger partial charge in [0.1, 0.15) is 17.3 Å². The molecule has 9 nitrogen and oxygen atoms in total. The average Bonchev–Trinajstić information content (AvgIpc) is 3.52. The zero-order valence-electron chi connectivity index (χ0n) is 28.1. The highest BCUT2D eigenvalue weighted by atomic mass is 35.5. The molecule has 2 aliphatic heterocycles. The third-order valence-electron chi connectivity index (χ3n) is 11.4. The minimum absolute atomic E-state index is 0.0815. The Hall–Kier alpha value is -5.61. The van der Waals surface area contributed by atoms with Crippen LogP contribution in [-0.2, 0) is 19.2 Å². The molecule has 0 radical (unpaired) electrons. The molecule has 262 valence electrons. The summed E-state index contributed by atoms with van der Waals surface area (Å²) in [6, 6.07) is 23.4. The first-order valence-electron chi connectivity index (χ1n) is 16.9. The molecule has 4 amide bonds. The van der Waals surface area contributed by atoms with Crippen molar-refractivity contribution in [2.75, 3.05) is 16.9 Å². The van der Waals surface area contributed by atoms with Gasteiger partial charge in [0.25, 0.3) is 0 Å². The van der Waals surface area contributed by atoms with Crippen LogP contribution in [0.1, 0.15) is 47.2 Å². The molecular weight excluding hydrogens is 687 g/mol. The normalized spacial score (nSPS) is 26.5. The number of benzene rings is 4. The lowest BCUT2D eigenvalue weighted by Crippen LogP contribution is -2.48. The van der Waals surface area contributed by atoms with Gasteiger partial charge in [-0.05, 0) is 86.3 Å². The number of phenols is 1. The van der Waals surface area contributed by atoms with Gasteiger partial charge in [-0.25, -0.2) is 9.29 Å². The molecule has 6 unspecified atom stereocenters. The smallest absolute Gasteiger partial charge is 0.241 e. The predicted octanol–water partition coefficient (Wildman–Crippen LogP) is 6.86. The maximum absolute atomic E-state index is 14.6. The summed E-state index contributed by atoms with van der Waals surface area (Å²) in [6.45, 7) is 1.68. The van der Waals surface area contributed by atoms with Gasteiger partial charge in [-0.1, -0.05) is 53.6 Å². The molecule has 2 aliphatic carbocycles. The molecule has 2 saturated heterocycles. The number of aromatic hydroxyl groups is 1. The second-order valence-corrected chi connectivity index (χ2v) is 14.3. The minimum atomic E-state index is -1.44. The van der Waals surface area contributed by atoms with Crippen LogP contribution in [0.15, 0.2) is 103 Å². The van der Waals surface area contributed by atoms with E-state index >= 15 is 0 Å². The van der Waals surface area contributed by atoms with Gasteiger partial charge in [0.05, 0.1) is 46.7 Å². The summed E-state index contributed by atoms with van der Waals surface area (Å²) in [5, 5.41) is 11.1. The number of rotatable bonds is 6. The van der Waals surface area contributed by atoms with Crippen LogP contribution in [0.3, 0.4) is 0 Å². The van der Waals surface area contributed by atoms with Crippen molar-refractivity contribution in [1.29, 1.82) is 0 Å². The summed E-state index contributed by atoms with van der Waals surface area (Å²) in [7, 11) is 1.47. The van der Waals surface area contributed by atoms with E-state index in [0.29, 0.717) is 33.7 Å². The van der Waals surface area contributed by atoms with Crippen LogP contribution in [0.2, 0.25) is 5.02 Å². The van der Waals surface area contributed by atoms with Crippen molar-refractivity contribution < 1.29 is 38.2 Å². The molecule has 1 N–H and O–H groups in total. The number of methoxy groups -OCH3 is 1. The second-order valence-electron chi connectivity index (χ2n) is 13.9. The summed E-state index contributed by atoms with van der Waals surface area (Å²) in [5.41, 5.74) is 0.917. The van der Waals surface area contributed by atoms with Gasteiger partial charge in [0.2, 0.25) is 23.6 Å². The SMILES string of the molecule is COc1ccc(O)c(C2C3=CCC4C(=O)N(c5ccc(C(=O)c6ccccc6)cc5)C(=O)C4C3CC3C(=O)N(c4ccc(F)c(Cl)c4)C(=O)C32C)c1. The summed E-state index contributed by atoms with van der Waals surface area (Å²) >= 11 is 6.09. The van der Waals surface area contributed by atoms with Gasteiger partial charge < -0.3 is 9.84 Å². The van der Waals surface area contributed by atoms with Crippen LogP contribution in [0.25, 0.3) is 0 Å². The van der Waals surface area contributed by atoms with E-state index in [9.17, 15) is 33.5 Å². The first-order valence-corrected chi connectivity index (χ1v) is 17.3. The van der Waals surface area contributed by atoms with Crippen LogP contribution in [0, 0.1) is 34.9 Å². The summed E-state index contributed by atoms with van der Waals surface area (Å²) in [5.74, 6) is -6.62. The highest BCUT2D eigenvalue weighted by Gasteiger charge is 2.68. The van der Waals surface area contributed by atoms with Crippen molar-refractivity contribution in [3.8, 4) is 11.5 Å². The van der Waals surface area contributed by atoms with Gasteiger partial charge >= 0.3 is 0 Å². The molecule has 2 heterocycles. The Kier molecular flexibility index (Phi) is 7.91. The lowest BCUT2D eigenvalue weighted by Gasteiger charge is -2.49. The average molecular weight is 719 g/mol. The quantitative estimate of drug-likeness (QED) is 0.131. The Morgan fingerprint density at radius 2 is 1.54 bits per heavy atom. The van der Waals surface area contributed by atoms with Gasteiger partial charge in [-0.3, -0.25) is 28.9 Å². The van der Waals surface area contributed by atoms with Gasteiger partial charge in [-0.15, -0.1) is 0 Å². The minimum Gasteiger partial charge on any atom is -0.508 e. The molecule has 4 aliphatic rings. The fourth-order valence-electron chi connectivity index (χ4n) is 8.89. The van der Waals surface area contributed by atoms with Crippen molar-refractivity contribution in [2.45, 2.75) is 25.7 Å². The number of hydrogen-bond donors (Lipinski definition) is 1. The maximum Gasteiger partial charge on any atom is 0.241 e. The van der Waals surface area contributed by atoms with E-state index in [1.807, 2.05) is 12.1 Å². The monoisotopic (exact) mass is 718 g/mol. The van der Waals surface area contributed by atoms with Gasteiger partial charge in [0.15, 0.2) is 5.78 Å². The number of anilines is 2. The summed E-state index contributed by atoms with van der Waals surface area (Å²) in [6.07, 6.45) is 2.16. The van der Waals surface area contributed by atoms with E-state index in [0.717, 1.165) is 15.9 Å². The molecule has 4 aromatic rings. The van der Waals surface area contributed by atoms with Crippen LogP contribution < -0.4 is 14.5 Å². The van der Waals surface area contributed by atoms with Crippen molar-refractivity contribution >= 4 is 52.4 Å². The lowest BCUT2D eigenvalue weighted by atomic mass is 9.51. The lowest BCUT2D eigenvalue weighted by molar-refractivity contribution is -0.131. The van der Waals surface area contributed by atoms with E-state index in [4.69, 9.17) is 16.3 Å². The number of phenolic OH excluding ortho intramolecular Hbond substituents is 1. The number of hydrogen-bond acceptors (Lipinski definition) is 7. The molecule has 52 heavy (non-hydrogen) atoms. The van der Waals surface area contributed by atoms with Gasteiger partial charge in [0, 0.05) is 22.6 Å². The Labute approximate surface area is 303 Å². The Balaban J connectivity index is 1.20. The number of imide groups is 2. The van der Waals surface area contributed by atoms with Gasteiger partial charge in [-0.2, -0.15) is 0 Å². The van der Waals surface area contributed by atoms with Crippen molar-refractivity contribution in [2.24, 2.45) is 29.1 Å². The predicted molar refractivity (Wildman–Crippen MR) is 189 cm³/mol. The number of halogens is 2. The molecule has 0 bridgehead atoms. The molecule has 3 fully saturated rings. The number of ether oxygens (including phenoxy) is 1. The number of carbonyl (C=O) groups excluding carboxylic acids is 5. The largest absolute Gasteiger partial charge is 0.508 e. The molecule has 4 aromatic carbocycles. The zero-order chi connectivity index (χ0) is 36.6. The highest BCUT2D eigenvalue weighted by molar-refractivity contribution is 6.32. The number of nitrogens with zero attached hydrogens (tertiary/aromatic N) is 2. The molecular formula is C41H32ClFN2O7. The third kappa shape index (κ3) is 4.84. The molecule has 0 spiro atoms. The molecule has 11 heteroatoms. The van der Waals surface area contributed by atoms with Crippen LogP contribution in [0.5, 0.6) is 11.5 Å². The first-order chi connectivity index (χ1) is 24.9. The fourth-order valence-corrected chi connectivity index (χ4v) is 9.07. The standard InChI is InChI=1S/C41H32ClFN2O7/c1-41-30(38(49)45(40(41)51)24-12-16-32(43)31(42)18-24)20-28-26(35(41)29-19-25(52-2)13-17-33(29)46)14-15-27-34(28)39(50)44(37(27)48)23-10-8-22(9-11-23)36(47)21-6-4-3-5-7-21/h3-14,16-19,27-28,30,34-35,46H,15,20H2,1-2H3. The second kappa shape index (κ2) is 12.3.